The second-order valence-corrected chi connectivity index (χ2v) is 19.1. The minimum atomic E-state index is -1.22. The Kier molecular flexibility index (Phi) is 19.9. The zero-order valence-electron chi connectivity index (χ0n) is 22.0. The molecule has 0 saturated carbocycles. The molecular formula is C26H50O4S2Sn. The minimum absolute atomic E-state index is 0.0253. The van der Waals surface area contributed by atoms with Crippen LogP contribution < -0.4 is 0 Å². The number of hydrogen-bond acceptors (Lipinski definition) is 6. The Labute approximate surface area is 225 Å². The Balaban J connectivity index is 4.04. The summed E-state index contributed by atoms with van der Waals surface area (Å²) < 4.78 is 10.8. The second kappa shape index (κ2) is 19.6. The van der Waals surface area contributed by atoms with E-state index in [9.17, 15) is 9.59 Å². The molecule has 4 nitrogen and oxygen atoms in total. The van der Waals surface area contributed by atoms with Crippen molar-refractivity contribution in [3.8, 4) is 0 Å². The number of carbonyl (C=O) groups is 2. The third-order valence-electron chi connectivity index (χ3n) is 5.77. The Hall–Kier alpha value is 0.439. The number of ether oxygens (including phenoxy) is 2. The predicted molar refractivity (Wildman–Crippen MR) is 147 cm³/mol. The number of unbranched alkanes of at least 4 members (excludes halogenated alkanes) is 6. The second-order valence-electron chi connectivity index (χ2n) is 10.6. The molecule has 0 aromatic rings. The van der Waals surface area contributed by atoms with Gasteiger partial charge in [-0.25, -0.2) is 0 Å². The Morgan fingerprint density at radius 1 is 0.758 bits per heavy atom. The molecule has 0 amide bonds. The summed E-state index contributed by atoms with van der Waals surface area (Å²) in [6.07, 6.45) is 11.8. The normalized spacial score (nSPS) is 13.9. The van der Waals surface area contributed by atoms with Gasteiger partial charge in [0.15, 0.2) is 0 Å². The van der Waals surface area contributed by atoms with Crippen molar-refractivity contribution in [1.82, 2.24) is 0 Å². The molecule has 0 spiro atoms. The molecule has 0 rings (SSSR count). The average Bonchev–Trinajstić information content (AvgIpc) is 2.71. The number of carbonyl (C=O) groups excluding carboxylic acids is 2. The summed E-state index contributed by atoms with van der Waals surface area (Å²) in [6.45, 7) is 13.7. The van der Waals surface area contributed by atoms with E-state index in [1.165, 1.54) is 38.5 Å². The fourth-order valence-corrected chi connectivity index (χ4v) is 9.96. The van der Waals surface area contributed by atoms with Gasteiger partial charge in [-0.3, -0.25) is 0 Å². The summed E-state index contributed by atoms with van der Waals surface area (Å²) in [5.74, 6) is 1.14. The van der Waals surface area contributed by atoms with E-state index < -0.39 is 26.6 Å². The molecule has 2 atom stereocenters. The molecule has 194 valence electrons. The van der Waals surface area contributed by atoms with Crippen LogP contribution in [0.3, 0.4) is 0 Å². The first-order valence-corrected chi connectivity index (χ1v) is 17.2. The van der Waals surface area contributed by atoms with Crippen molar-refractivity contribution in [2.75, 3.05) is 13.2 Å². The number of thiol groups is 2. The first kappa shape index (κ1) is 33.4. The van der Waals surface area contributed by atoms with Crippen molar-refractivity contribution >= 4 is 58.3 Å². The van der Waals surface area contributed by atoms with Crippen LogP contribution in [0.2, 0.25) is 0 Å². The van der Waals surface area contributed by atoms with Crippen molar-refractivity contribution in [1.29, 1.82) is 0 Å². The predicted octanol–water partition coefficient (Wildman–Crippen LogP) is 6.92. The van der Waals surface area contributed by atoms with E-state index in [0.717, 1.165) is 37.5 Å². The first-order valence-electron chi connectivity index (χ1n) is 12.9. The van der Waals surface area contributed by atoms with E-state index in [2.05, 4.69) is 40.3 Å². The van der Waals surface area contributed by atoms with Crippen molar-refractivity contribution in [3.05, 3.63) is 0 Å². The van der Waals surface area contributed by atoms with Crippen LogP contribution in [0.15, 0.2) is 0 Å². The molecule has 33 heavy (non-hydrogen) atoms. The fourth-order valence-electron chi connectivity index (χ4n) is 3.33. The van der Waals surface area contributed by atoms with Gasteiger partial charge in [0, 0.05) is 0 Å². The molecule has 0 saturated heterocycles. The molecule has 0 aromatic heterocycles. The number of hydrogen-bond donors (Lipinski definition) is 2. The topological polar surface area (TPSA) is 52.6 Å². The molecule has 0 aliphatic rings. The van der Waals surface area contributed by atoms with E-state index >= 15 is 0 Å². The van der Waals surface area contributed by atoms with Gasteiger partial charge in [0.05, 0.1) is 0 Å². The third kappa shape index (κ3) is 18.4. The molecule has 7 heteroatoms. The van der Waals surface area contributed by atoms with E-state index in [4.69, 9.17) is 22.1 Å². The monoisotopic (exact) mass is 610 g/mol. The standard InChI is InChI=1S/C14H27O2S.C12H23O2S.Sn/c1-12(2)9-7-5-6-8-10-16-13(15)14(3,4)11-17;1-11(2)7-5-3-4-6-9-14-12(13)8-10-15;/h11-12,17H,5-10H2,1-4H3;10-11,15H,3-9H2,1-2H3;. The van der Waals surface area contributed by atoms with Gasteiger partial charge < -0.3 is 0 Å². The van der Waals surface area contributed by atoms with E-state index in [-0.39, 0.29) is 18.5 Å². The number of esters is 2. The SMILES string of the molecule is CC(C)CCCCCCOC(=O)C[CH](S)[Sn][CH](S)C(C)(C)C(=O)OCCCCCCC(C)C. The van der Waals surface area contributed by atoms with E-state index in [1.807, 2.05) is 13.8 Å². The van der Waals surface area contributed by atoms with Crippen molar-refractivity contribution in [2.24, 2.45) is 17.3 Å². The van der Waals surface area contributed by atoms with Crippen LogP contribution in [0.25, 0.3) is 0 Å². The summed E-state index contributed by atoms with van der Waals surface area (Å²) in [7, 11) is 0. The zero-order valence-corrected chi connectivity index (χ0v) is 26.7. The molecule has 0 aromatic carbocycles. The van der Waals surface area contributed by atoms with Gasteiger partial charge >= 0.3 is 227 Å². The van der Waals surface area contributed by atoms with Gasteiger partial charge in [-0.15, -0.1) is 0 Å². The van der Waals surface area contributed by atoms with Gasteiger partial charge in [-0.05, 0) is 0 Å². The van der Waals surface area contributed by atoms with Crippen LogP contribution in [0, 0.1) is 17.3 Å². The average molecular weight is 610 g/mol. The molecule has 0 N–H and O–H groups in total. The Morgan fingerprint density at radius 2 is 1.21 bits per heavy atom. The molecule has 0 aliphatic carbocycles. The number of rotatable bonds is 20. The van der Waals surface area contributed by atoms with Crippen LogP contribution >= 0.6 is 25.3 Å². The maximum absolute atomic E-state index is 12.6. The molecule has 2 radical (unpaired) electrons. The van der Waals surface area contributed by atoms with E-state index in [1.54, 1.807) is 0 Å². The van der Waals surface area contributed by atoms with Crippen molar-refractivity contribution in [2.45, 2.75) is 119 Å². The van der Waals surface area contributed by atoms with Crippen LogP contribution in [-0.4, -0.2) is 52.8 Å². The first-order chi connectivity index (χ1) is 15.5. The zero-order chi connectivity index (χ0) is 25.3. The van der Waals surface area contributed by atoms with Crippen molar-refractivity contribution < 1.29 is 19.1 Å². The summed E-state index contributed by atoms with van der Waals surface area (Å²) in [6, 6.07) is 0. The van der Waals surface area contributed by atoms with Crippen molar-refractivity contribution in [3.63, 3.8) is 0 Å². The van der Waals surface area contributed by atoms with Gasteiger partial charge in [0.25, 0.3) is 0 Å². The van der Waals surface area contributed by atoms with Crippen LogP contribution in [-0.2, 0) is 19.1 Å². The molecule has 0 fully saturated rings. The van der Waals surface area contributed by atoms with Crippen LogP contribution in [0.4, 0.5) is 0 Å². The van der Waals surface area contributed by atoms with Crippen LogP contribution in [0.1, 0.15) is 112 Å². The maximum atomic E-state index is 12.6. The molecular weight excluding hydrogens is 559 g/mol. The summed E-state index contributed by atoms with van der Waals surface area (Å²) >= 11 is 8.13. The summed E-state index contributed by atoms with van der Waals surface area (Å²) in [4.78, 5) is 24.7. The summed E-state index contributed by atoms with van der Waals surface area (Å²) in [5.41, 5.74) is -0.659. The summed E-state index contributed by atoms with van der Waals surface area (Å²) in [5, 5.41) is 0. The molecule has 0 bridgehead atoms. The Morgan fingerprint density at radius 3 is 1.70 bits per heavy atom. The third-order valence-corrected chi connectivity index (χ3v) is 13.2. The van der Waals surface area contributed by atoms with Gasteiger partial charge in [0.2, 0.25) is 0 Å². The van der Waals surface area contributed by atoms with E-state index in [0.29, 0.717) is 19.6 Å². The van der Waals surface area contributed by atoms with Gasteiger partial charge in [0.1, 0.15) is 0 Å². The molecule has 0 aliphatic heterocycles. The van der Waals surface area contributed by atoms with Gasteiger partial charge in [-0.1, -0.05) is 0 Å². The fraction of sp³-hybridized carbons (Fsp3) is 0.923. The quantitative estimate of drug-likeness (QED) is 0.0682. The van der Waals surface area contributed by atoms with Crippen LogP contribution in [0.5, 0.6) is 0 Å². The van der Waals surface area contributed by atoms with Gasteiger partial charge in [-0.2, -0.15) is 0 Å². The molecule has 2 unspecified atom stereocenters. The molecule has 0 heterocycles. The Bertz CT molecular complexity index is 526.